The molecule has 1 aromatic carbocycles. The van der Waals surface area contributed by atoms with Gasteiger partial charge in [0.2, 0.25) is 11.8 Å². The average Bonchev–Trinajstić information content (AvgIpc) is 3.41. The number of nitrogens with one attached hydrogen (secondary N) is 1. The highest BCUT2D eigenvalue weighted by atomic mass is 32.1. The molecule has 1 N–H and O–H groups in total. The van der Waals surface area contributed by atoms with Crippen molar-refractivity contribution in [1.29, 1.82) is 0 Å². The number of thiazole rings is 1. The van der Waals surface area contributed by atoms with E-state index < -0.39 is 0 Å². The molecule has 1 amide bonds. The second-order valence-corrected chi connectivity index (χ2v) is 7.29. The molecule has 0 radical (unpaired) electrons. The molecule has 0 bridgehead atoms. The largest absolute Gasteiger partial charge is 0.337 e. The van der Waals surface area contributed by atoms with Gasteiger partial charge >= 0.3 is 0 Å². The number of amides is 1. The van der Waals surface area contributed by atoms with Crippen LogP contribution in [0.4, 0.5) is 11.6 Å². The van der Waals surface area contributed by atoms with Gasteiger partial charge in [0, 0.05) is 36.1 Å². The van der Waals surface area contributed by atoms with Crippen molar-refractivity contribution < 1.29 is 9.32 Å². The summed E-state index contributed by atoms with van der Waals surface area (Å²) in [5.41, 5.74) is 4.60. The Labute approximate surface area is 161 Å². The molecular formula is C19H21N5O2S. The Balaban J connectivity index is 1.38. The first-order chi connectivity index (χ1) is 13.2. The van der Waals surface area contributed by atoms with Crippen LogP contribution in [-0.4, -0.2) is 34.1 Å². The minimum absolute atomic E-state index is 0.0281. The molecule has 1 aliphatic rings. The van der Waals surface area contributed by atoms with Crippen molar-refractivity contribution in [2.75, 3.05) is 23.3 Å². The quantitative estimate of drug-likeness (QED) is 0.724. The van der Waals surface area contributed by atoms with E-state index in [0.717, 1.165) is 36.3 Å². The predicted molar refractivity (Wildman–Crippen MR) is 105 cm³/mol. The second-order valence-electron chi connectivity index (χ2n) is 6.57. The molecule has 1 fully saturated rings. The summed E-state index contributed by atoms with van der Waals surface area (Å²) < 4.78 is 5.19. The van der Waals surface area contributed by atoms with E-state index in [1.165, 1.54) is 0 Å². The standard InChI is InChI=1S/C19H21N5O2S/c1-2-17-22-19(23-26-17)24-9-3-4-14(10-24)18(25)21-15-7-5-13(6-8-15)16-11-27-12-20-16/h5-8,11-12,14H,2-4,9-10H2,1H3,(H,21,25)/t14-/m0/s1. The van der Waals surface area contributed by atoms with Crippen LogP contribution in [0.2, 0.25) is 0 Å². The molecule has 8 heteroatoms. The third-order valence-corrected chi connectivity index (χ3v) is 5.30. The van der Waals surface area contributed by atoms with Crippen LogP contribution in [0.25, 0.3) is 11.3 Å². The first kappa shape index (κ1) is 17.7. The SMILES string of the molecule is CCc1nc(N2CCC[C@H](C(=O)Nc3ccc(-c4cscn4)cc3)C2)no1. The van der Waals surface area contributed by atoms with E-state index in [0.29, 0.717) is 24.8 Å². The summed E-state index contributed by atoms with van der Waals surface area (Å²) in [4.78, 5) is 23.4. The molecule has 1 saturated heterocycles. The number of hydrogen-bond acceptors (Lipinski definition) is 7. The molecule has 0 unspecified atom stereocenters. The molecule has 27 heavy (non-hydrogen) atoms. The highest BCUT2D eigenvalue weighted by molar-refractivity contribution is 7.07. The Hall–Kier alpha value is -2.74. The lowest BCUT2D eigenvalue weighted by Gasteiger charge is -2.30. The first-order valence-electron chi connectivity index (χ1n) is 9.10. The Morgan fingerprint density at radius 2 is 2.22 bits per heavy atom. The lowest BCUT2D eigenvalue weighted by molar-refractivity contribution is -0.120. The van der Waals surface area contributed by atoms with Gasteiger partial charge in [-0.3, -0.25) is 4.79 Å². The molecule has 0 spiro atoms. The predicted octanol–water partition coefficient (Wildman–Crippen LogP) is 3.61. The van der Waals surface area contributed by atoms with Crippen LogP contribution in [0.5, 0.6) is 0 Å². The average molecular weight is 383 g/mol. The van der Waals surface area contributed by atoms with Crippen molar-refractivity contribution in [2.45, 2.75) is 26.2 Å². The molecule has 1 atom stereocenters. The molecule has 3 aromatic rings. The first-order valence-corrected chi connectivity index (χ1v) is 10.0. The molecule has 1 aliphatic heterocycles. The second kappa shape index (κ2) is 7.87. The van der Waals surface area contributed by atoms with Crippen molar-refractivity contribution >= 4 is 28.9 Å². The van der Waals surface area contributed by atoms with Crippen LogP contribution < -0.4 is 10.2 Å². The van der Waals surface area contributed by atoms with Crippen LogP contribution in [0.1, 0.15) is 25.7 Å². The van der Waals surface area contributed by atoms with Gasteiger partial charge in [0.25, 0.3) is 5.95 Å². The molecule has 3 heterocycles. The van der Waals surface area contributed by atoms with Gasteiger partial charge < -0.3 is 14.7 Å². The third-order valence-electron chi connectivity index (χ3n) is 4.72. The maximum atomic E-state index is 12.7. The number of benzene rings is 1. The lowest BCUT2D eigenvalue weighted by Crippen LogP contribution is -2.41. The third kappa shape index (κ3) is 4.00. The lowest BCUT2D eigenvalue weighted by atomic mass is 9.97. The van der Waals surface area contributed by atoms with Crippen molar-refractivity contribution in [3.63, 3.8) is 0 Å². The number of piperidine rings is 1. The van der Waals surface area contributed by atoms with Gasteiger partial charge in [-0.1, -0.05) is 19.1 Å². The van der Waals surface area contributed by atoms with Gasteiger partial charge in [0.05, 0.1) is 17.1 Å². The van der Waals surface area contributed by atoms with Gasteiger partial charge in [-0.05, 0) is 30.1 Å². The number of carbonyl (C=O) groups excluding carboxylic acids is 1. The molecular weight excluding hydrogens is 362 g/mol. The summed E-state index contributed by atoms with van der Waals surface area (Å²) in [7, 11) is 0. The monoisotopic (exact) mass is 383 g/mol. The van der Waals surface area contributed by atoms with Crippen molar-refractivity contribution in [2.24, 2.45) is 5.92 Å². The fourth-order valence-electron chi connectivity index (χ4n) is 3.21. The van der Waals surface area contributed by atoms with Gasteiger partial charge in [0.1, 0.15) is 0 Å². The number of aromatic nitrogens is 3. The van der Waals surface area contributed by atoms with Crippen LogP contribution in [0, 0.1) is 5.92 Å². The fourth-order valence-corrected chi connectivity index (χ4v) is 3.78. The van der Waals surface area contributed by atoms with Gasteiger partial charge in [-0.25, -0.2) is 4.98 Å². The minimum Gasteiger partial charge on any atom is -0.337 e. The fraction of sp³-hybridized carbons (Fsp3) is 0.368. The van der Waals surface area contributed by atoms with Gasteiger partial charge in [-0.2, -0.15) is 4.98 Å². The van der Waals surface area contributed by atoms with Crippen molar-refractivity contribution in [3.05, 3.63) is 41.0 Å². The number of anilines is 2. The number of nitrogens with zero attached hydrogens (tertiary/aromatic N) is 4. The van der Waals surface area contributed by atoms with E-state index in [9.17, 15) is 4.79 Å². The van der Waals surface area contributed by atoms with Gasteiger partial charge in [0.15, 0.2) is 0 Å². The Kier molecular flexibility index (Phi) is 5.15. The van der Waals surface area contributed by atoms with Crippen LogP contribution in [0.3, 0.4) is 0 Å². The van der Waals surface area contributed by atoms with E-state index in [1.807, 2.05) is 47.0 Å². The summed E-state index contributed by atoms with van der Waals surface area (Å²) in [5.74, 6) is 1.13. The van der Waals surface area contributed by atoms with Crippen LogP contribution in [-0.2, 0) is 11.2 Å². The molecule has 7 nitrogen and oxygen atoms in total. The van der Waals surface area contributed by atoms with E-state index >= 15 is 0 Å². The van der Waals surface area contributed by atoms with E-state index in [1.54, 1.807) is 11.3 Å². The normalized spacial score (nSPS) is 17.1. The number of rotatable bonds is 5. The summed E-state index contributed by atoms with van der Waals surface area (Å²) in [6.07, 6.45) is 2.50. The highest BCUT2D eigenvalue weighted by Gasteiger charge is 2.28. The van der Waals surface area contributed by atoms with Gasteiger partial charge in [-0.15, -0.1) is 11.3 Å². The Morgan fingerprint density at radius 3 is 2.93 bits per heavy atom. The number of carbonyl (C=O) groups is 1. The topological polar surface area (TPSA) is 84.2 Å². The summed E-state index contributed by atoms with van der Waals surface area (Å²) in [5, 5.41) is 9.06. The zero-order chi connectivity index (χ0) is 18.6. The van der Waals surface area contributed by atoms with Crippen molar-refractivity contribution in [3.8, 4) is 11.3 Å². The van der Waals surface area contributed by atoms with Crippen LogP contribution >= 0.6 is 11.3 Å². The minimum atomic E-state index is -0.0967. The van der Waals surface area contributed by atoms with E-state index in [4.69, 9.17) is 4.52 Å². The molecule has 0 aliphatic carbocycles. The molecule has 4 rings (SSSR count). The van der Waals surface area contributed by atoms with E-state index in [2.05, 4.69) is 20.4 Å². The maximum absolute atomic E-state index is 12.7. The summed E-state index contributed by atoms with van der Waals surface area (Å²) >= 11 is 1.57. The molecule has 2 aromatic heterocycles. The van der Waals surface area contributed by atoms with Crippen molar-refractivity contribution in [1.82, 2.24) is 15.1 Å². The van der Waals surface area contributed by atoms with E-state index in [-0.39, 0.29) is 11.8 Å². The molecule has 140 valence electrons. The zero-order valence-corrected chi connectivity index (χ0v) is 15.9. The Bertz CT molecular complexity index is 891. The molecule has 0 saturated carbocycles. The highest BCUT2D eigenvalue weighted by Crippen LogP contribution is 2.24. The van der Waals surface area contributed by atoms with Crippen LogP contribution in [0.15, 0.2) is 39.7 Å². The summed E-state index contributed by atoms with van der Waals surface area (Å²) in [6, 6.07) is 7.78. The summed E-state index contributed by atoms with van der Waals surface area (Å²) in [6.45, 7) is 3.42. The zero-order valence-electron chi connectivity index (χ0n) is 15.1. The maximum Gasteiger partial charge on any atom is 0.266 e. The number of hydrogen-bond donors (Lipinski definition) is 1. The number of aryl methyl sites for hydroxylation is 1. The Morgan fingerprint density at radius 1 is 1.37 bits per heavy atom. The smallest absolute Gasteiger partial charge is 0.266 e.